The minimum atomic E-state index is -0.475. The first kappa shape index (κ1) is 21.7. The predicted octanol–water partition coefficient (Wildman–Crippen LogP) is 5.61. The summed E-state index contributed by atoms with van der Waals surface area (Å²) in [5.41, 5.74) is 1.44. The molecule has 7 atom stereocenters. The van der Waals surface area contributed by atoms with Gasteiger partial charge in [-0.2, -0.15) is 0 Å². The molecule has 176 valence electrons. The molecule has 4 heteroatoms. The van der Waals surface area contributed by atoms with Crippen LogP contribution in [0.4, 0.5) is 0 Å². The molecule has 4 nitrogen and oxygen atoms in total. The van der Waals surface area contributed by atoms with Gasteiger partial charge in [0.15, 0.2) is 12.1 Å². The second kappa shape index (κ2) is 7.57. The molecule has 0 bridgehead atoms. The van der Waals surface area contributed by atoms with E-state index in [0.717, 1.165) is 64.3 Å². The maximum absolute atomic E-state index is 6.73. The summed E-state index contributed by atoms with van der Waals surface area (Å²) in [5, 5.41) is 0. The van der Waals surface area contributed by atoms with E-state index in [9.17, 15) is 0 Å². The molecule has 0 aromatic heterocycles. The van der Waals surface area contributed by atoms with E-state index in [-0.39, 0.29) is 22.9 Å². The van der Waals surface area contributed by atoms with Crippen LogP contribution in [0.1, 0.15) is 84.5 Å². The van der Waals surface area contributed by atoms with E-state index in [1.54, 1.807) is 5.57 Å². The lowest BCUT2D eigenvalue weighted by Gasteiger charge is -2.59. The molecule has 2 heterocycles. The van der Waals surface area contributed by atoms with Crippen molar-refractivity contribution in [2.75, 3.05) is 19.8 Å². The minimum Gasteiger partial charge on any atom is -0.353 e. The SMILES string of the molecule is C#C[C@]1(OC2CCCCO2)CC[C@H]2[C@@H]3CC=C4CC5(CC[C@]4(C)[C@H]3CC[C@@]21C)OCCO5. The first-order chi connectivity index (χ1) is 15.4. The van der Waals surface area contributed by atoms with Crippen molar-refractivity contribution < 1.29 is 18.9 Å². The van der Waals surface area contributed by atoms with E-state index in [1.807, 2.05) is 0 Å². The van der Waals surface area contributed by atoms with Crippen LogP contribution < -0.4 is 0 Å². The Balaban J connectivity index is 1.26. The van der Waals surface area contributed by atoms with Crippen LogP contribution in [0.3, 0.4) is 0 Å². The van der Waals surface area contributed by atoms with Gasteiger partial charge in [0.05, 0.1) is 13.2 Å². The number of terminal acetylenes is 1. The van der Waals surface area contributed by atoms with Gasteiger partial charge in [-0.3, -0.25) is 0 Å². The van der Waals surface area contributed by atoms with E-state index in [4.69, 9.17) is 25.4 Å². The Morgan fingerprint density at radius 3 is 2.53 bits per heavy atom. The first-order valence-electron chi connectivity index (χ1n) is 13.2. The maximum atomic E-state index is 6.73. The second-order valence-corrected chi connectivity index (χ2v) is 11.9. The zero-order chi connectivity index (χ0) is 22.0. The lowest BCUT2D eigenvalue weighted by Crippen LogP contribution is -2.56. The lowest BCUT2D eigenvalue weighted by atomic mass is 9.46. The standard InChI is InChI=1S/C28H40O4/c1-4-27(32-24-7-5-6-16-29-24)13-11-23-21-9-8-20-19-28(30-17-18-31-28)15-14-25(20,2)22(21)10-12-26(23,27)3/h1,8,21-24H,5-7,9-19H2,2-3H3/t21-,22+,23+,24?,25+,26+,27+/m1/s1. The quantitative estimate of drug-likeness (QED) is 0.413. The van der Waals surface area contributed by atoms with Crippen molar-refractivity contribution in [2.24, 2.45) is 28.6 Å². The van der Waals surface area contributed by atoms with Crippen molar-refractivity contribution in [2.45, 2.75) is 102 Å². The summed E-state index contributed by atoms with van der Waals surface area (Å²) in [7, 11) is 0. The van der Waals surface area contributed by atoms with E-state index >= 15 is 0 Å². The van der Waals surface area contributed by atoms with Gasteiger partial charge in [0.2, 0.25) is 0 Å². The molecule has 0 aromatic carbocycles. The van der Waals surface area contributed by atoms with Crippen LogP contribution in [0.25, 0.3) is 0 Å². The number of ether oxygens (including phenoxy) is 4. The van der Waals surface area contributed by atoms with Crippen molar-refractivity contribution in [1.29, 1.82) is 0 Å². The molecule has 5 fully saturated rings. The number of rotatable bonds is 2. The topological polar surface area (TPSA) is 36.9 Å². The largest absolute Gasteiger partial charge is 0.353 e. The molecule has 0 N–H and O–H groups in total. The summed E-state index contributed by atoms with van der Waals surface area (Å²) < 4.78 is 24.9. The molecule has 32 heavy (non-hydrogen) atoms. The van der Waals surface area contributed by atoms with Gasteiger partial charge in [0.25, 0.3) is 0 Å². The smallest absolute Gasteiger partial charge is 0.172 e. The summed E-state index contributed by atoms with van der Waals surface area (Å²) >= 11 is 0. The normalized spacial score (nSPS) is 49.6. The zero-order valence-corrected chi connectivity index (χ0v) is 20.0. The summed E-state index contributed by atoms with van der Waals surface area (Å²) in [6.07, 6.45) is 20.9. The van der Waals surface area contributed by atoms with Crippen LogP contribution in [0.2, 0.25) is 0 Å². The van der Waals surface area contributed by atoms with Crippen molar-refractivity contribution in [1.82, 2.24) is 0 Å². The fourth-order valence-corrected chi connectivity index (χ4v) is 8.84. The zero-order valence-electron chi connectivity index (χ0n) is 20.0. The summed E-state index contributed by atoms with van der Waals surface area (Å²) in [6, 6.07) is 0. The molecule has 3 saturated carbocycles. The average molecular weight is 441 g/mol. The van der Waals surface area contributed by atoms with Crippen molar-refractivity contribution in [3.63, 3.8) is 0 Å². The van der Waals surface area contributed by atoms with E-state index < -0.39 is 5.60 Å². The molecule has 6 rings (SSSR count). The molecule has 4 aliphatic carbocycles. The third-order valence-corrected chi connectivity index (χ3v) is 10.7. The first-order valence-corrected chi connectivity index (χ1v) is 13.2. The molecule has 1 unspecified atom stereocenters. The molecule has 0 radical (unpaired) electrons. The van der Waals surface area contributed by atoms with Crippen LogP contribution in [0, 0.1) is 40.9 Å². The Labute approximate surface area is 193 Å². The second-order valence-electron chi connectivity index (χ2n) is 11.9. The Bertz CT molecular complexity index is 816. The van der Waals surface area contributed by atoms with Gasteiger partial charge >= 0.3 is 0 Å². The van der Waals surface area contributed by atoms with Crippen molar-refractivity contribution >= 4 is 0 Å². The average Bonchev–Trinajstić information content (AvgIpc) is 3.38. The highest BCUT2D eigenvalue weighted by molar-refractivity contribution is 5.30. The highest BCUT2D eigenvalue weighted by atomic mass is 16.7. The Hall–Kier alpha value is -0.860. The summed E-state index contributed by atoms with van der Waals surface area (Å²) in [4.78, 5) is 0. The third-order valence-electron chi connectivity index (χ3n) is 10.7. The lowest BCUT2D eigenvalue weighted by molar-refractivity contribution is -0.242. The van der Waals surface area contributed by atoms with Gasteiger partial charge in [-0.05, 0) is 81.0 Å². The van der Waals surface area contributed by atoms with E-state index in [0.29, 0.717) is 11.8 Å². The summed E-state index contributed by atoms with van der Waals surface area (Å²) in [6.45, 7) is 7.28. The minimum absolute atomic E-state index is 0.0407. The van der Waals surface area contributed by atoms with Gasteiger partial charge in [-0.1, -0.05) is 31.4 Å². The summed E-state index contributed by atoms with van der Waals surface area (Å²) in [5.74, 6) is 4.94. The molecule has 0 amide bonds. The van der Waals surface area contributed by atoms with E-state index in [1.165, 1.54) is 32.1 Å². The number of hydrogen-bond acceptors (Lipinski definition) is 4. The van der Waals surface area contributed by atoms with Crippen LogP contribution in [-0.2, 0) is 18.9 Å². The Kier molecular flexibility index (Phi) is 5.12. The Morgan fingerprint density at radius 2 is 1.78 bits per heavy atom. The Morgan fingerprint density at radius 1 is 0.969 bits per heavy atom. The molecular weight excluding hydrogens is 400 g/mol. The van der Waals surface area contributed by atoms with Gasteiger partial charge < -0.3 is 18.9 Å². The highest BCUT2D eigenvalue weighted by Crippen LogP contribution is 2.68. The van der Waals surface area contributed by atoms with Gasteiger partial charge in [0.1, 0.15) is 5.60 Å². The van der Waals surface area contributed by atoms with E-state index in [2.05, 4.69) is 25.8 Å². The predicted molar refractivity (Wildman–Crippen MR) is 123 cm³/mol. The molecular formula is C28H40O4. The van der Waals surface area contributed by atoms with Crippen molar-refractivity contribution in [3.8, 4) is 12.3 Å². The van der Waals surface area contributed by atoms with Gasteiger partial charge in [-0.25, -0.2) is 0 Å². The fourth-order valence-electron chi connectivity index (χ4n) is 8.84. The molecule has 2 saturated heterocycles. The number of hydrogen-bond donors (Lipinski definition) is 0. The van der Waals surface area contributed by atoms with Gasteiger partial charge in [-0.15, -0.1) is 6.42 Å². The monoisotopic (exact) mass is 440 g/mol. The van der Waals surface area contributed by atoms with Crippen LogP contribution in [0.15, 0.2) is 11.6 Å². The number of allylic oxidation sites excluding steroid dienone is 1. The number of fused-ring (bicyclic) bond motifs is 5. The van der Waals surface area contributed by atoms with Crippen LogP contribution >= 0.6 is 0 Å². The van der Waals surface area contributed by atoms with Crippen LogP contribution in [-0.4, -0.2) is 37.5 Å². The highest BCUT2D eigenvalue weighted by Gasteiger charge is 2.65. The maximum Gasteiger partial charge on any atom is 0.172 e. The molecule has 6 aliphatic rings. The van der Waals surface area contributed by atoms with Crippen LogP contribution in [0.5, 0.6) is 0 Å². The molecule has 1 spiro atoms. The van der Waals surface area contributed by atoms with Gasteiger partial charge in [0, 0.05) is 24.9 Å². The van der Waals surface area contributed by atoms with Crippen molar-refractivity contribution in [3.05, 3.63) is 11.6 Å². The third kappa shape index (κ3) is 2.97. The molecule has 0 aromatic rings. The fraction of sp³-hybridized carbons (Fsp3) is 0.857. The molecule has 2 aliphatic heterocycles.